The molecular formula is C14H27NO2. The van der Waals surface area contributed by atoms with Crippen molar-refractivity contribution in [3.63, 3.8) is 0 Å². The van der Waals surface area contributed by atoms with Crippen LogP contribution in [0.5, 0.6) is 0 Å². The lowest BCUT2D eigenvalue weighted by molar-refractivity contribution is -0.117. The van der Waals surface area contributed by atoms with E-state index in [4.69, 9.17) is 4.74 Å². The van der Waals surface area contributed by atoms with E-state index in [1.54, 1.807) is 0 Å². The molecule has 1 fully saturated rings. The number of aldehydes is 1. The van der Waals surface area contributed by atoms with Gasteiger partial charge in [0.05, 0.1) is 12.0 Å². The molecule has 1 rings (SSSR count). The third kappa shape index (κ3) is 4.07. The molecule has 2 unspecified atom stereocenters. The minimum atomic E-state index is -0.239. The fourth-order valence-corrected chi connectivity index (χ4v) is 2.36. The average Bonchev–Trinajstić information content (AvgIpc) is 2.82. The molecular weight excluding hydrogens is 214 g/mol. The third-order valence-electron chi connectivity index (χ3n) is 3.91. The van der Waals surface area contributed by atoms with Crippen LogP contribution >= 0.6 is 0 Å². The summed E-state index contributed by atoms with van der Waals surface area (Å²) < 4.78 is 5.41. The number of carbonyl (C=O) groups excluding carboxylic acids is 1. The van der Waals surface area contributed by atoms with Crippen molar-refractivity contribution in [2.24, 2.45) is 5.41 Å². The summed E-state index contributed by atoms with van der Waals surface area (Å²) >= 11 is 0. The van der Waals surface area contributed by atoms with E-state index in [1.165, 1.54) is 12.8 Å². The summed E-state index contributed by atoms with van der Waals surface area (Å²) in [5, 5.41) is 0. The molecule has 1 saturated heterocycles. The number of nitrogens with zero attached hydrogens (tertiary/aromatic N) is 1. The average molecular weight is 241 g/mol. The van der Waals surface area contributed by atoms with E-state index in [9.17, 15) is 4.79 Å². The van der Waals surface area contributed by atoms with Crippen LogP contribution in [0.15, 0.2) is 0 Å². The van der Waals surface area contributed by atoms with Gasteiger partial charge >= 0.3 is 0 Å². The van der Waals surface area contributed by atoms with Crippen molar-refractivity contribution in [1.82, 2.24) is 4.90 Å². The largest absolute Gasteiger partial charge is 0.380 e. The molecule has 0 saturated carbocycles. The van der Waals surface area contributed by atoms with Crippen molar-refractivity contribution in [2.45, 2.75) is 52.5 Å². The Kier molecular flexibility index (Phi) is 6.14. The van der Waals surface area contributed by atoms with Crippen LogP contribution in [0.4, 0.5) is 0 Å². The predicted molar refractivity (Wildman–Crippen MR) is 70.2 cm³/mol. The summed E-state index contributed by atoms with van der Waals surface area (Å²) in [5.74, 6) is 0. The second kappa shape index (κ2) is 7.12. The molecule has 17 heavy (non-hydrogen) atoms. The number of unbranched alkanes of at least 4 members (excludes halogenated alkanes) is 1. The number of hydrogen-bond acceptors (Lipinski definition) is 3. The molecule has 0 aromatic carbocycles. The first kappa shape index (κ1) is 14.7. The first-order chi connectivity index (χ1) is 8.17. The van der Waals surface area contributed by atoms with Crippen molar-refractivity contribution >= 4 is 6.29 Å². The van der Waals surface area contributed by atoms with Crippen molar-refractivity contribution in [3.05, 3.63) is 0 Å². The molecule has 0 N–H and O–H groups in total. The van der Waals surface area contributed by atoms with E-state index < -0.39 is 0 Å². The Hall–Kier alpha value is -0.410. The lowest BCUT2D eigenvalue weighted by atomic mass is 9.88. The monoisotopic (exact) mass is 241 g/mol. The zero-order valence-electron chi connectivity index (χ0n) is 11.6. The van der Waals surface area contributed by atoms with E-state index in [0.717, 1.165) is 38.8 Å². The Morgan fingerprint density at radius 2 is 2.24 bits per heavy atom. The summed E-state index contributed by atoms with van der Waals surface area (Å²) in [4.78, 5) is 13.8. The molecule has 0 radical (unpaired) electrons. The van der Waals surface area contributed by atoms with Crippen molar-refractivity contribution in [2.75, 3.05) is 26.3 Å². The van der Waals surface area contributed by atoms with Crippen LogP contribution in [0.1, 0.15) is 46.5 Å². The van der Waals surface area contributed by atoms with Gasteiger partial charge in [-0.25, -0.2) is 0 Å². The van der Waals surface area contributed by atoms with Gasteiger partial charge in [0.1, 0.15) is 6.29 Å². The third-order valence-corrected chi connectivity index (χ3v) is 3.91. The summed E-state index contributed by atoms with van der Waals surface area (Å²) in [7, 11) is 0. The van der Waals surface area contributed by atoms with Crippen molar-refractivity contribution < 1.29 is 9.53 Å². The number of carbonyl (C=O) groups is 1. The maximum Gasteiger partial charge on any atom is 0.129 e. The highest BCUT2D eigenvalue weighted by molar-refractivity contribution is 5.60. The van der Waals surface area contributed by atoms with Crippen LogP contribution < -0.4 is 0 Å². The first-order valence-electron chi connectivity index (χ1n) is 6.95. The highest BCUT2D eigenvalue weighted by Crippen LogP contribution is 2.28. The minimum Gasteiger partial charge on any atom is -0.380 e. The second-order valence-electron chi connectivity index (χ2n) is 5.36. The summed E-state index contributed by atoms with van der Waals surface area (Å²) in [6.07, 6.45) is 5.56. The molecule has 0 amide bonds. The van der Waals surface area contributed by atoms with Gasteiger partial charge in [-0.15, -0.1) is 0 Å². The number of ether oxygens (including phenoxy) is 1. The van der Waals surface area contributed by atoms with E-state index in [2.05, 4.69) is 25.7 Å². The van der Waals surface area contributed by atoms with Gasteiger partial charge in [0.25, 0.3) is 0 Å². The lowest BCUT2D eigenvalue weighted by Crippen LogP contribution is -2.44. The molecule has 0 aromatic heterocycles. The molecule has 0 spiro atoms. The van der Waals surface area contributed by atoms with Crippen molar-refractivity contribution in [1.29, 1.82) is 0 Å². The smallest absolute Gasteiger partial charge is 0.129 e. The quantitative estimate of drug-likeness (QED) is 0.611. The van der Waals surface area contributed by atoms with E-state index in [0.29, 0.717) is 12.6 Å². The Bertz CT molecular complexity index is 224. The van der Waals surface area contributed by atoms with Crippen LogP contribution in [0, 0.1) is 5.41 Å². The van der Waals surface area contributed by atoms with Gasteiger partial charge in [0.15, 0.2) is 0 Å². The minimum absolute atomic E-state index is 0.239. The Balaban J connectivity index is 2.59. The van der Waals surface area contributed by atoms with Gasteiger partial charge in [-0.2, -0.15) is 0 Å². The zero-order chi connectivity index (χ0) is 12.7. The fourth-order valence-electron chi connectivity index (χ4n) is 2.36. The maximum absolute atomic E-state index is 11.3. The zero-order valence-corrected chi connectivity index (χ0v) is 11.6. The van der Waals surface area contributed by atoms with Crippen LogP contribution in [0.3, 0.4) is 0 Å². The molecule has 0 aromatic rings. The molecule has 1 aliphatic heterocycles. The highest BCUT2D eigenvalue weighted by atomic mass is 16.5. The Morgan fingerprint density at radius 1 is 1.47 bits per heavy atom. The Morgan fingerprint density at radius 3 is 2.71 bits per heavy atom. The van der Waals surface area contributed by atoms with E-state index in [1.807, 2.05) is 0 Å². The highest BCUT2D eigenvalue weighted by Gasteiger charge is 2.37. The van der Waals surface area contributed by atoms with Crippen LogP contribution in [-0.4, -0.2) is 43.5 Å². The fraction of sp³-hybridized carbons (Fsp3) is 0.929. The van der Waals surface area contributed by atoms with Crippen LogP contribution in [0.25, 0.3) is 0 Å². The van der Waals surface area contributed by atoms with Gasteiger partial charge < -0.3 is 9.53 Å². The van der Waals surface area contributed by atoms with Crippen LogP contribution in [-0.2, 0) is 9.53 Å². The van der Waals surface area contributed by atoms with Crippen LogP contribution in [0.2, 0.25) is 0 Å². The molecule has 3 heteroatoms. The van der Waals surface area contributed by atoms with E-state index >= 15 is 0 Å². The first-order valence-corrected chi connectivity index (χ1v) is 6.95. The molecule has 3 nitrogen and oxygen atoms in total. The van der Waals surface area contributed by atoms with Gasteiger partial charge in [-0.1, -0.05) is 20.3 Å². The molecule has 1 heterocycles. The molecule has 0 bridgehead atoms. The number of hydrogen-bond donors (Lipinski definition) is 0. The topological polar surface area (TPSA) is 29.5 Å². The van der Waals surface area contributed by atoms with Crippen molar-refractivity contribution in [3.8, 4) is 0 Å². The van der Waals surface area contributed by atoms with Gasteiger partial charge in [-0.05, 0) is 32.7 Å². The van der Waals surface area contributed by atoms with Gasteiger partial charge in [0, 0.05) is 19.2 Å². The van der Waals surface area contributed by atoms with Gasteiger partial charge in [-0.3, -0.25) is 4.90 Å². The van der Waals surface area contributed by atoms with E-state index in [-0.39, 0.29) is 5.41 Å². The normalized spacial score (nSPS) is 26.4. The molecule has 1 aliphatic rings. The SMILES string of the molecule is CCCCN(CC1(C=O)CCOC1)C(C)CC. The molecule has 2 atom stereocenters. The lowest BCUT2D eigenvalue weighted by Gasteiger charge is -2.34. The standard InChI is InChI=1S/C14H27NO2/c1-4-6-8-15(13(3)5-2)10-14(11-16)7-9-17-12-14/h11,13H,4-10,12H2,1-3H3. The molecule has 0 aliphatic carbocycles. The predicted octanol–water partition coefficient (Wildman–Crippen LogP) is 2.49. The summed E-state index contributed by atoms with van der Waals surface area (Å²) in [5.41, 5.74) is -0.239. The summed E-state index contributed by atoms with van der Waals surface area (Å²) in [6, 6.07) is 0.555. The second-order valence-corrected chi connectivity index (χ2v) is 5.36. The Labute approximate surface area is 106 Å². The van der Waals surface area contributed by atoms with Gasteiger partial charge in [0.2, 0.25) is 0 Å². The molecule has 100 valence electrons. The maximum atomic E-state index is 11.3. The summed E-state index contributed by atoms with van der Waals surface area (Å²) in [6.45, 7) is 9.98. The number of rotatable bonds is 8.